The zero-order valence-corrected chi connectivity index (χ0v) is 23.3. The Hall–Kier alpha value is -3.92. The van der Waals surface area contributed by atoms with Gasteiger partial charge in [0.25, 0.3) is 10.0 Å². The molecule has 0 aromatic heterocycles. The van der Waals surface area contributed by atoms with Crippen molar-refractivity contribution < 1.29 is 27.1 Å². The number of halogens is 1. The number of hydrogen-bond acceptors (Lipinski definition) is 5. The second-order valence-corrected chi connectivity index (χ2v) is 11.0. The third-order valence-electron chi connectivity index (χ3n) is 6.44. The van der Waals surface area contributed by atoms with Crippen LogP contribution in [0, 0.1) is 5.82 Å². The van der Waals surface area contributed by atoms with Crippen molar-refractivity contribution in [1.82, 2.24) is 10.2 Å². The summed E-state index contributed by atoms with van der Waals surface area (Å²) in [5.74, 6) is -1.13. The maximum absolute atomic E-state index is 14.6. The molecule has 2 amide bonds. The lowest BCUT2D eigenvalue weighted by Crippen LogP contribution is -2.52. The van der Waals surface area contributed by atoms with Gasteiger partial charge in [0.15, 0.2) is 0 Å². The number of nitrogens with one attached hydrogen (secondary N) is 1. The van der Waals surface area contributed by atoms with Gasteiger partial charge >= 0.3 is 0 Å². The Bertz CT molecular complexity index is 1370. The van der Waals surface area contributed by atoms with Crippen molar-refractivity contribution >= 4 is 27.5 Å². The summed E-state index contributed by atoms with van der Waals surface area (Å²) in [6.07, 6.45) is 0.682. The highest BCUT2D eigenvalue weighted by molar-refractivity contribution is 7.92. The first kappa shape index (κ1) is 29.6. The SMILES string of the molecule is CC[C@H](C)NC(=O)[C@H](C)N(Cc1ccccc1F)C(=O)CN(c1ccccc1)S(=O)(=O)c1ccc(OC)cc1. The number of benzene rings is 3. The Morgan fingerprint density at radius 1 is 0.949 bits per heavy atom. The molecule has 0 saturated heterocycles. The molecule has 0 radical (unpaired) electrons. The summed E-state index contributed by atoms with van der Waals surface area (Å²) in [5.41, 5.74) is 0.475. The first-order valence-corrected chi connectivity index (χ1v) is 14.1. The van der Waals surface area contributed by atoms with Crippen LogP contribution in [-0.4, -0.2) is 50.9 Å². The summed E-state index contributed by atoms with van der Waals surface area (Å²) in [5, 5.41) is 2.85. The molecule has 0 heterocycles. The van der Waals surface area contributed by atoms with Gasteiger partial charge in [0, 0.05) is 18.2 Å². The molecule has 0 fully saturated rings. The maximum atomic E-state index is 14.6. The molecule has 39 heavy (non-hydrogen) atoms. The highest BCUT2D eigenvalue weighted by Gasteiger charge is 2.33. The molecule has 3 rings (SSSR count). The fraction of sp³-hybridized carbons (Fsp3) is 0.310. The van der Waals surface area contributed by atoms with Gasteiger partial charge in [0.05, 0.1) is 17.7 Å². The van der Waals surface area contributed by atoms with Crippen LogP contribution >= 0.6 is 0 Å². The minimum atomic E-state index is -4.20. The number of amides is 2. The summed E-state index contributed by atoms with van der Waals surface area (Å²) in [6.45, 7) is 4.48. The van der Waals surface area contributed by atoms with Crippen LogP contribution < -0.4 is 14.4 Å². The van der Waals surface area contributed by atoms with E-state index in [9.17, 15) is 22.4 Å². The number of hydrogen-bond donors (Lipinski definition) is 1. The molecule has 208 valence electrons. The minimum absolute atomic E-state index is 0.0387. The summed E-state index contributed by atoms with van der Waals surface area (Å²) in [6, 6.07) is 18.9. The van der Waals surface area contributed by atoms with Crippen LogP contribution in [0.1, 0.15) is 32.8 Å². The first-order chi connectivity index (χ1) is 18.6. The number of sulfonamides is 1. The van der Waals surface area contributed by atoms with E-state index in [-0.39, 0.29) is 28.7 Å². The molecule has 0 aliphatic carbocycles. The van der Waals surface area contributed by atoms with Gasteiger partial charge in [-0.05, 0) is 62.7 Å². The van der Waals surface area contributed by atoms with Gasteiger partial charge in [-0.1, -0.05) is 43.3 Å². The maximum Gasteiger partial charge on any atom is 0.264 e. The lowest BCUT2D eigenvalue weighted by molar-refractivity contribution is -0.139. The minimum Gasteiger partial charge on any atom is -0.497 e. The highest BCUT2D eigenvalue weighted by Crippen LogP contribution is 2.26. The standard InChI is InChI=1S/C29H34FN3O5S/c1-5-21(2)31-29(35)22(3)32(19-23-11-9-10-14-27(23)30)28(34)20-33(24-12-7-6-8-13-24)39(36,37)26-17-15-25(38-4)16-18-26/h6-18,21-22H,5,19-20H2,1-4H3,(H,31,35)/t21-,22-/m0/s1. The predicted molar refractivity (Wildman–Crippen MR) is 148 cm³/mol. The van der Waals surface area contributed by atoms with Gasteiger partial charge in [0.2, 0.25) is 11.8 Å². The van der Waals surface area contributed by atoms with Crippen LogP contribution in [0.15, 0.2) is 83.8 Å². The number of carbonyl (C=O) groups excluding carboxylic acids is 2. The van der Waals surface area contributed by atoms with E-state index in [0.29, 0.717) is 12.2 Å². The van der Waals surface area contributed by atoms with Crippen molar-refractivity contribution in [2.24, 2.45) is 0 Å². The van der Waals surface area contributed by atoms with Gasteiger partial charge in [-0.3, -0.25) is 13.9 Å². The predicted octanol–water partition coefficient (Wildman–Crippen LogP) is 4.36. The number of rotatable bonds is 12. The molecule has 0 aliphatic rings. The van der Waals surface area contributed by atoms with Crippen LogP contribution in [0.25, 0.3) is 0 Å². The first-order valence-electron chi connectivity index (χ1n) is 12.6. The summed E-state index contributed by atoms with van der Waals surface area (Å²) >= 11 is 0. The third-order valence-corrected chi connectivity index (χ3v) is 8.23. The average molecular weight is 556 g/mol. The topological polar surface area (TPSA) is 96.0 Å². The second kappa shape index (κ2) is 13.2. The molecule has 3 aromatic rings. The number of anilines is 1. The Morgan fingerprint density at radius 2 is 1.56 bits per heavy atom. The van der Waals surface area contributed by atoms with E-state index in [2.05, 4.69) is 5.32 Å². The fourth-order valence-electron chi connectivity index (χ4n) is 3.86. The monoisotopic (exact) mass is 555 g/mol. The summed E-state index contributed by atoms with van der Waals surface area (Å²) in [7, 11) is -2.73. The van der Waals surface area contributed by atoms with E-state index < -0.39 is 40.2 Å². The molecular weight excluding hydrogens is 521 g/mol. The van der Waals surface area contributed by atoms with Crippen LogP contribution in [-0.2, 0) is 26.2 Å². The Balaban J connectivity index is 2.01. The number of methoxy groups -OCH3 is 1. The van der Waals surface area contributed by atoms with Crippen molar-refractivity contribution in [1.29, 1.82) is 0 Å². The van der Waals surface area contributed by atoms with Crippen molar-refractivity contribution in [3.8, 4) is 5.75 Å². The smallest absolute Gasteiger partial charge is 0.264 e. The summed E-state index contributed by atoms with van der Waals surface area (Å²) in [4.78, 5) is 28.0. The quantitative estimate of drug-likeness (QED) is 0.358. The highest BCUT2D eigenvalue weighted by atomic mass is 32.2. The van der Waals surface area contributed by atoms with Crippen molar-refractivity contribution in [3.05, 3.63) is 90.2 Å². The lowest BCUT2D eigenvalue weighted by atomic mass is 10.1. The fourth-order valence-corrected chi connectivity index (χ4v) is 5.27. The molecule has 10 heteroatoms. The summed E-state index contributed by atoms with van der Waals surface area (Å²) < 4.78 is 48.2. The Morgan fingerprint density at radius 3 is 2.15 bits per heavy atom. The van der Waals surface area contributed by atoms with Crippen LogP contribution in [0.4, 0.5) is 10.1 Å². The molecule has 0 aliphatic heterocycles. The van der Waals surface area contributed by atoms with Crippen LogP contribution in [0.5, 0.6) is 5.75 Å². The number of carbonyl (C=O) groups is 2. The molecule has 2 atom stereocenters. The van der Waals surface area contributed by atoms with E-state index in [1.165, 1.54) is 54.5 Å². The molecule has 1 N–H and O–H groups in total. The van der Waals surface area contributed by atoms with E-state index in [1.54, 1.807) is 43.3 Å². The zero-order chi connectivity index (χ0) is 28.6. The zero-order valence-electron chi connectivity index (χ0n) is 22.5. The van der Waals surface area contributed by atoms with E-state index >= 15 is 0 Å². The lowest BCUT2D eigenvalue weighted by Gasteiger charge is -2.32. The Labute approximate surface area is 229 Å². The molecule has 0 unspecified atom stereocenters. The molecule has 0 saturated carbocycles. The van der Waals surface area contributed by atoms with Crippen molar-refractivity contribution in [2.45, 2.75) is 50.7 Å². The number of ether oxygens (including phenoxy) is 1. The Kier molecular flexibility index (Phi) is 10.1. The van der Waals surface area contributed by atoms with E-state index in [4.69, 9.17) is 4.74 Å². The van der Waals surface area contributed by atoms with Gasteiger partial charge in [-0.15, -0.1) is 0 Å². The van der Waals surface area contributed by atoms with E-state index in [1.807, 2.05) is 13.8 Å². The van der Waals surface area contributed by atoms with E-state index in [0.717, 1.165) is 4.31 Å². The van der Waals surface area contributed by atoms with Gasteiger partial charge in [0.1, 0.15) is 24.2 Å². The largest absolute Gasteiger partial charge is 0.497 e. The molecule has 0 bridgehead atoms. The van der Waals surface area contributed by atoms with Crippen molar-refractivity contribution in [2.75, 3.05) is 18.0 Å². The van der Waals surface area contributed by atoms with Gasteiger partial charge in [-0.2, -0.15) is 0 Å². The molecule has 8 nitrogen and oxygen atoms in total. The average Bonchev–Trinajstić information content (AvgIpc) is 2.95. The van der Waals surface area contributed by atoms with Crippen LogP contribution in [0.3, 0.4) is 0 Å². The normalized spacial score (nSPS) is 12.7. The number of nitrogens with zero attached hydrogens (tertiary/aromatic N) is 2. The molecule has 3 aromatic carbocycles. The van der Waals surface area contributed by atoms with Crippen LogP contribution in [0.2, 0.25) is 0 Å². The molecule has 0 spiro atoms. The van der Waals surface area contributed by atoms with Crippen molar-refractivity contribution in [3.63, 3.8) is 0 Å². The second-order valence-electron chi connectivity index (χ2n) is 9.13. The van der Waals surface area contributed by atoms with Gasteiger partial charge < -0.3 is 15.0 Å². The number of para-hydroxylation sites is 1. The van der Waals surface area contributed by atoms with Gasteiger partial charge in [-0.25, -0.2) is 12.8 Å². The third kappa shape index (κ3) is 7.35. The molecular formula is C29H34FN3O5S.